The molecule has 4 nitrogen and oxygen atoms in total. The topological polar surface area (TPSA) is 64.7 Å². The maximum atomic E-state index is 5.61. The standard InChI is InChI=1S/C10H10N4/c1-7-5-8(6-14-9(7)11)10-12-3-2-4-13-10/h2-6H,1H3,(H2,11,14). The van der Waals surface area contributed by atoms with Gasteiger partial charge in [-0.1, -0.05) is 0 Å². The molecule has 0 amide bonds. The van der Waals surface area contributed by atoms with E-state index in [0.717, 1.165) is 11.1 Å². The predicted octanol–water partition coefficient (Wildman–Crippen LogP) is 1.43. The number of rotatable bonds is 1. The summed E-state index contributed by atoms with van der Waals surface area (Å²) in [6.45, 7) is 1.91. The van der Waals surface area contributed by atoms with Crippen molar-refractivity contribution in [1.82, 2.24) is 15.0 Å². The molecule has 2 heterocycles. The molecule has 0 saturated carbocycles. The van der Waals surface area contributed by atoms with Crippen molar-refractivity contribution < 1.29 is 0 Å². The van der Waals surface area contributed by atoms with Crippen LogP contribution in [0, 0.1) is 6.92 Å². The summed E-state index contributed by atoms with van der Waals surface area (Å²) in [5.41, 5.74) is 7.44. The van der Waals surface area contributed by atoms with Gasteiger partial charge in [-0.25, -0.2) is 15.0 Å². The van der Waals surface area contributed by atoms with Crippen LogP contribution >= 0.6 is 0 Å². The van der Waals surface area contributed by atoms with Crippen LogP contribution in [0.4, 0.5) is 5.82 Å². The maximum absolute atomic E-state index is 5.61. The van der Waals surface area contributed by atoms with Crippen molar-refractivity contribution in [3.8, 4) is 11.4 Å². The fourth-order valence-electron chi connectivity index (χ4n) is 1.16. The van der Waals surface area contributed by atoms with Crippen molar-refractivity contribution in [2.24, 2.45) is 0 Å². The number of pyridine rings is 1. The average Bonchev–Trinajstić information content (AvgIpc) is 2.23. The third-order valence-corrected chi connectivity index (χ3v) is 1.94. The number of nitrogens with zero attached hydrogens (tertiary/aromatic N) is 3. The minimum atomic E-state index is 0.546. The molecule has 0 aliphatic carbocycles. The Hall–Kier alpha value is -1.97. The summed E-state index contributed by atoms with van der Waals surface area (Å²) in [6, 6.07) is 3.71. The molecule has 0 saturated heterocycles. The molecule has 0 aliphatic rings. The van der Waals surface area contributed by atoms with Gasteiger partial charge in [-0.3, -0.25) is 0 Å². The highest BCUT2D eigenvalue weighted by atomic mass is 14.9. The molecule has 70 valence electrons. The summed E-state index contributed by atoms with van der Waals surface area (Å²) in [7, 11) is 0. The van der Waals surface area contributed by atoms with Gasteiger partial charge in [-0.2, -0.15) is 0 Å². The van der Waals surface area contributed by atoms with Crippen molar-refractivity contribution in [2.45, 2.75) is 6.92 Å². The first kappa shape index (κ1) is 8.62. The number of aryl methyl sites for hydroxylation is 1. The van der Waals surface area contributed by atoms with Crippen LogP contribution in [0.25, 0.3) is 11.4 Å². The van der Waals surface area contributed by atoms with Crippen LogP contribution in [0.1, 0.15) is 5.56 Å². The van der Waals surface area contributed by atoms with Gasteiger partial charge < -0.3 is 5.73 Å². The fraction of sp³-hybridized carbons (Fsp3) is 0.100. The molecular formula is C10H10N4. The number of hydrogen-bond acceptors (Lipinski definition) is 4. The summed E-state index contributed by atoms with van der Waals surface area (Å²) >= 11 is 0. The zero-order valence-corrected chi connectivity index (χ0v) is 7.81. The van der Waals surface area contributed by atoms with E-state index in [1.54, 1.807) is 24.7 Å². The predicted molar refractivity (Wildman–Crippen MR) is 54.4 cm³/mol. The lowest BCUT2D eigenvalue weighted by atomic mass is 10.2. The molecule has 0 aromatic carbocycles. The molecule has 2 rings (SSSR count). The van der Waals surface area contributed by atoms with E-state index < -0.39 is 0 Å². The Balaban J connectivity index is 2.48. The van der Waals surface area contributed by atoms with Gasteiger partial charge in [-0.05, 0) is 24.6 Å². The summed E-state index contributed by atoms with van der Waals surface area (Å²) in [6.07, 6.45) is 5.08. The number of anilines is 1. The Morgan fingerprint density at radius 3 is 2.50 bits per heavy atom. The number of nitrogens with two attached hydrogens (primary N) is 1. The van der Waals surface area contributed by atoms with E-state index in [1.807, 2.05) is 13.0 Å². The van der Waals surface area contributed by atoms with Crippen molar-refractivity contribution in [2.75, 3.05) is 5.73 Å². The molecule has 0 aliphatic heterocycles. The van der Waals surface area contributed by atoms with Gasteiger partial charge in [0, 0.05) is 24.2 Å². The molecule has 0 unspecified atom stereocenters. The van der Waals surface area contributed by atoms with Crippen LogP contribution in [-0.4, -0.2) is 15.0 Å². The highest BCUT2D eigenvalue weighted by Crippen LogP contribution is 2.16. The highest BCUT2D eigenvalue weighted by molar-refractivity contribution is 5.57. The first-order valence-corrected chi connectivity index (χ1v) is 4.27. The quantitative estimate of drug-likeness (QED) is 0.731. The van der Waals surface area contributed by atoms with Gasteiger partial charge in [0.15, 0.2) is 5.82 Å². The van der Waals surface area contributed by atoms with Gasteiger partial charge in [0.05, 0.1) is 0 Å². The maximum Gasteiger partial charge on any atom is 0.160 e. The van der Waals surface area contributed by atoms with Gasteiger partial charge >= 0.3 is 0 Å². The Bertz CT molecular complexity index is 439. The van der Waals surface area contributed by atoms with Crippen molar-refractivity contribution in [3.63, 3.8) is 0 Å². The van der Waals surface area contributed by atoms with Gasteiger partial charge in [0.2, 0.25) is 0 Å². The molecule has 2 N–H and O–H groups in total. The molecule has 0 radical (unpaired) electrons. The van der Waals surface area contributed by atoms with E-state index in [-0.39, 0.29) is 0 Å². The lowest BCUT2D eigenvalue weighted by Gasteiger charge is -2.02. The van der Waals surface area contributed by atoms with Crippen LogP contribution < -0.4 is 5.73 Å². The first-order valence-electron chi connectivity index (χ1n) is 4.27. The molecule has 2 aromatic heterocycles. The second-order valence-corrected chi connectivity index (χ2v) is 3.00. The Labute approximate surface area is 81.9 Å². The molecule has 14 heavy (non-hydrogen) atoms. The monoisotopic (exact) mass is 186 g/mol. The van der Waals surface area contributed by atoms with E-state index >= 15 is 0 Å². The second kappa shape index (κ2) is 3.41. The molecule has 0 atom stereocenters. The van der Waals surface area contributed by atoms with E-state index in [1.165, 1.54) is 0 Å². The van der Waals surface area contributed by atoms with Crippen molar-refractivity contribution in [3.05, 3.63) is 36.3 Å². The third-order valence-electron chi connectivity index (χ3n) is 1.94. The zero-order valence-electron chi connectivity index (χ0n) is 7.81. The van der Waals surface area contributed by atoms with Gasteiger partial charge in [0.1, 0.15) is 5.82 Å². The van der Waals surface area contributed by atoms with Crippen LogP contribution in [0.5, 0.6) is 0 Å². The Morgan fingerprint density at radius 1 is 1.14 bits per heavy atom. The minimum Gasteiger partial charge on any atom is -0.383 e. The fourth-order valence-corrected chi connectivity index (χ4v) is 1.16. The molecule has 0 fully saturated rings. The summed E-state index contributed by atoms with van der Waals surface area (Å²) < 4.78 is 0. The third kappa shape index (κ3) is 1.54. The first-order chi connectivity index (χ1) is 6.77. The van der Waals surface area contributed by atoms with E-state index in [9.17, 15) is 0 Å². The largest absolute Gasteiger partial charge is 0.383 e. The molecule has 0 spiro atoms. The summed E-state index contributed by atoms with van der Waals surface area (Å²) in [5, 5.41) is 0. The molecule has 2 aromatic rings. The summed E-state index contributed by atoms with van der Waals surface area (Å²) in [5.74, 6) is 1.22. The van der Waals surface area contributed by atoms with Crippen LogP contribution in [0.15, 0.2) is 30.7 Å². The average molecular weight is 186 g/mol. The highest BCUT2D eigenvalue weighted by Gasteiger charge is 2.02. The lowest BCUT2D eigenvalue weighted by molar-refractivity contribution is 1.16. The van der Waals surface area contributed by atoms with Crippen LogP contribution in [0.2, 0.25) is 0 Å². The Morgan fingerprint density at radius 2 is 1.86 bits per heavy atom. The molecule has 4 heteroatoms. The zero-order chi connectivity index (χ0) is 9.97. The van der Waals surface area contributed by atoms with E-state index in [2.05, 4.69) is 15.0 Å². The number of hydrogen-bond donors (Lipinski definition) is 1. The molecule has 0 bridgehead atoms. The molecular weight excluding hydrogens is 176 g/mol. The summed E-state index contributed by atoms with van der Waals surface area (Å²) in [4.78, 5) is 12.3. The Kier molecular flexibility index (Phi) is 2.10. The van der Waals surface area contributed by atoms with Gasteiger partial charge in [-0.15, -0.1) is 0 Å². The minimum absolute atomic E-state index is 0.546. The normalized spacial score (nSPS) is 10.1. The van der Waals surface area contributed by atoms with Crippen LogP contribution in [0.3, 0.4) is 0 Å². The smallest absolute Gasteiger partial charge is 0.160 e. The number of aromatic nitrogens is 3. The number of nitrogen functional groups attached to an aromatic ring is 1. The van der Waals surface area contributed by atoms with Crippen LogP contribution in [-0.2, 0) is 0 Å². The van der Waals surface area contributed by atoms with Gasteiger partial charge in [0.25, 0.3) is 0 Å². The SMILES string of the molecule is Cc1cc(-c2ncccn2)cnc1N. The lowest BCUT2D eigenvalue weighted by Crippen LogP contribution is -1.95. The second-order valence-electron chi connectivity index (χ2n) is 3.00. The van der Waals surface area contributed by atoms with E-state index in [4.69, 9.17) is 5.73 Å². The van der Waals surface area contributed by atoms with E-state index in [0.29, 0.717) is 11.6 Å². The van der Waals surface area contributed by atoms with Crippen molar-refractivity contribution in [1.29, 1.82) is 0 Å². The van der Waals surface area contributed by atoms with Crippen molar-refractivity contribution >= 4 is 5.82 Å².